The Morgan fingerprint density at radius 1 is 1.37 bits per heavy atom. The van der Waals surface area contributed by atoms with Crippen molar-refractivity contribution >= 4 is 23.2 Å². The van der Waals surface area contributed by atoms with Crippen molar-refractivity contribution < 1.29 is 9.53 Å². The number of nitrogens with zero attached hydrogens (tertiary/aromatic N) is 1. The van der Waals surface area contributed by atoms with E-state index in [9.17, 15) is 4.79 Å². The van der Waals surface area contributed by atoms with Gasteiger partial charge in [-0.25, -0.2) is 4.98 Å². The molecule has 2 aromatic rings. The maximum Gasteiger partial charge on any atom is 0.261 e. The van der Waals surface area contributed by atoms with E-state index in [1.807, 2.05) is 13.0 Å². The van der Waals surface area contributed by atoms with Crippen molar-refractivity contribution in [3.05, 3.63) is 52.7 Å². The standard InChI is InChI=1S/C14H13ClN2O2/c1-9-5-6-10(8-12(9)15)17-13(18)11-4-3-7-16-14(11)19-2/h3-8H,1-2H3,(H,17,18). The Bertz CT molecular complexity index is 614. The van der Waals surface area contributed by atoms with Gasteiger partial charge in [0.25, 0.3) is 5.91 Å². The molecule has 5 heteroatoms. The fourth-order valence-corrected chi connectivity index (χ4v) is 1.78. The summed E-state index contributed by atoms with van der Waals surface area (Å²) in [7, 11) is 1.47. The van der Waals surface area contributed by atoms with Crippen LogP contribution in [0.5, 0.6) is 5.88 Å². The number of amides is 1. The molecular formula is C14H13ClN2O2. The fraction of sp³-hybridized carbons (Fsp3) is 0.143. The third kappa shape index (κ3) is 3.03. The summed E-state index contributed by atoms with van der Waals surface area (Å²) in [5, 5.41) is 3.36. The van der Waals surface area contributed by atoms with Gasteiger partial charge in [0.15, 0.2) is 0 Å². The number of carbonyl (C=O) groups excluding carboxylic acids is 1. The number of rotatable bonds is 3. The Kier molecular flexibility index (Phi) is 4.02. The average molecular weight is 277 g/mol. The van der Waals surface area contributed by atoms with E-state index in [-0.39, 0.29) is 5.91 Å². The minimum absolute atomic E-state index is 0.287. The van der Waals surface area contributed by atoms with E-state index in [1.165, 1.54) is 7.11 Å². The van der Waals surface area contributed by atoms with Crippen LogP contribution in [0.25, 0.3) is 0 Å². The normalized spacial score (nSPS) is 10.1. The maximum absolute atomic E-state index is 12.1. The highest BCUT2D eigenvalue weighted by atomic mass is 35.5. The van der Waals surface area contributed by atoms with Crippen LogP contribution in [0.3, 0.4) is 0 Å². The number of aromatic nitrogens is 1. The Hall–Kier alpha value is -2.07. The number of hydrogen-bond donors (Lipinski definition) is 1. The van der Waals surface area contributed by atoms with Crippen LogP contribution in [-0.2, 0) is 0 Å². The van der Waals surface area contributed by atoms with Crippen LogP contribution in [0.4, 0.5) is 5.69 Å². The van der Waals surface area contributed by atoms with Crippen LogP contribution in [0.1, 0.15) is 15.9 Å². The number of aryl methyl sites for hydroxylation is 1. The molecule has 0 bridgehead atoms. The van der Waals surface area contributed by atoms with Crippen molar-refractivity contribution in [3.8, 4) is 5.88 Å². The maximum atomic E-state index is 12.1. The lowest BCUT2D eigenvalue weighted by Gasteiger charge is -2.09. The molecule has 1 N–H and O–H groups in total. The van der Waals surface area contributed by atoms with Gasteiger partial charge in [-0.3, -0.25) is 4.79 Å². The molecule has 19 heavy (non-hydrogen) atoms. The van der Waals surface area contributed by atoms with Crippen molar-refractivity contribution in [2.24, 2.45) is 0 Å². The molecule has 4 nitrogen and oxygen atoms in total. The smallest absolute Gasteiger partial charge is 0.261 e. The van der Waals surface area contributed by atoms with Gasteiger partial charge >= 0.3 is 0 Å². The van der Waals surface area contributed by atoms with E-state index >= 15 is 0 Å². The monoisotopic (exact) mass is 276 g/mol. The highest BCUT2D eigenvalue weighted by Gasteiger charge is 2.13. The zero-order valence-corrected chi connectivity index (χ0v) is 11.4. The summed E-state index contributed by atoms with van der Waals surface area (Å²) in [4.78, 5) is 16.1. The molecule has 0 saturated carbocycles. The summed E-state index contributed by atoms with van der Waals surface area (Å²) >= 11 is 6.01. The van der Waals surface area contributed by atoms with Crippen LogP contribution < -0.4 is 10.1 Å². The molecule has 1 aromatic heterocycles. The molecule has 0 aliphatic heterocycles. The minimum Gasteiger partial charge on any atom is -0.480 e. The second-order valence-electron chi connectivity index (χ2n) is 3.98. The molecule has 1 amide bonds. The van der Waals surface area contributed by atoms with Crippen LogP contribution in [0.15, 0.2) is 36.5 Å². The molecule has 0 atom stereocenters. The zero-order valence-electron chi connectivity index (χ0n) is 10.6. The van der Waals surface area contributed by atoms with Gasteiger partial charge in [-0.2, -0.15) is 0 Å². The van der Waals surface area contributed by atoms with Gasteiger partial charge in [0.05, 0.1) is 7.11 Å². The second kappa shape index (κ2) is 5.71. The highest BCUT2D eigenvalue weighted by Crippen LogP contribution is 2.21. The van der Waals surface area contributed by atoms with E-state index in [2.05, 4.69) is 10.3 Å². The highest BCUT2D eigenvalue weighted by molar-refractivity contribution is 6.31. The van der Waals surface area contributed by atoms with E-state index in [4.69, 9.17) is 16.3 Å². The summed E-state index contributed by atoms with van der Waals surface area (Å²) in [5.41, 5.74) is 1.96. The minimum atomic E-state index is -0.287. The van der Waals surface area contributed by atoms with Gasteiger partial charge in [0.2, 0.25) is 5.88 Å². The number of halogens is 1. The van der Waals surface area contributed by atoms with Crippen LogP contribution in [0.2, 0.25) is 5.02 Å². The Morgan fingerprint density at radius 3 is 2.84 bits per heavy atom. The SMILES string of the molecule is COc1ncccc1C(=O)Nc1ccc(C)c(Cl)c1. The average Bonchev–Trinajstić information content (AvgIpc) is 2.43. The van der Waals surface area contributed by atoms with Crippen LogP contribution >= 0.6 is 11.6 Å². The predicted octanol–water partition coefficient (Wildman–Crippen LogP) is 3.30. The van der Waals surface area contributed by atoms with E-state index in [0.29, 0.717) is 22.2 Å². The summed E-state index contributed by atoms with van der Waals surface area (Å²) in [6, 6.07) is 8.68. The summed E-state index contributed by atoms with van der Waals surface area (Å²) in [5.74, 6) is 0.00285. The first kappa shape index (κ1) is 13.4. The summed E-state index contributed by atoms with van der Waals surface area (Å²) < 4.78 is 5.05. The number of ether oxygens (including phenoxy) is 1. The molecule has 1 aromatic carbocycles. The topological polar surface area (TPSA) is 51.2 Å². The number of methoxy groups -OCH3 is 1. The lowest BCUT2D eigenvalue weighted by molar-refractivity contribution is 0.102. The zero-order chi connectivity index (χ0) is 13.8. The first-order valence-corrected chi connectivity index (χ1v) is 6.06. The number of anilines is 1. The molecule has 2 rings (SSSR count). The largest absolute Gasteiger partial charge is 0.480 e. The molecule has 0 radical (unpaired) electrons. The lowest BCUT2D eigenvalue weighted by Crippen LogP contribution is -2.13. The first-order chi connectivity index (χ1) is 9.11. The van der Waals surface area contributed by atoms with Crippen LogP contribution in [0, 0.1) is 6.92 Å². The van der Waals surface area contributed by atoms with E-state index in [0.717, 1.165) is 5.56 Å². The van der Waals surface area contributed by atoms with Crippen molar-refractivity contribution in [2.45, 2.75) is 6.92 Å². The predicted molar refractivity (Wildman–Crippen MR) is 74.9 cm³/mol. The third-order valence-corrected chi connectivity index (χ3v) is 3.05. The van der Waals surface area contributed by atoms with Crippen molar-refractivity contribution in [1.29, 1.82) is 0 Å². The molecule has 98 valence electrons. The molecule has 1 heterocycles. The van der Waals surface area contributed by atoms with Crippen molar-refractivity contribution in [1.82, 2.24) is 4.98 Å². The fourth-order valence-electron chi connectivity index (χ4n) is 1.60. The first-order valence-electron chi connectivity index (χ1n) is 5.68. The van der Waals surface area contributed by atoms with Crippen molar-refractivity contribution in [2.75, 3.05) is 12.4 Å². The molecule has 0 saturated heterocycles. The van der Waals surface area contributed by atoms with Gasteiger partial charge in [-0.1, -0.05) is 17.7 Å². The number of hydrogen-bond acceptors (Lipinski definition) is 3. The Labute approximate surface area is 116 Å². The molecular weight excluding hydrogens is 264 g/mol. The molecule has 0 spiro atoms. The van der Waals surface area contributed by atoms with Gasteiger partial charge in [0, 0.05) is 16.9 Å². The number of benzene rings is 1. The van der Waals surface area contributed by atoms with Gasteiger partial charge in [-0.15, -0.1) is 0 Å². The summed E-state index contributed by atoms with van der Waals surface area (Å²) in [6.07, 6.45) is 1.57. The molecule has 0 aliphatic carbocycles. The van der Waals surface area contributed by atoms with E-state index < -0.39 is 0 Å². The molecule has 0 aliphatic rings. The lowest BCUT2D eigenvalue weighted by atomic mass is 10.2. The Balaban J connectivity index is 2.23. The van der Waals surface area contributed by atoms with E-state index in [1.54, 1.807) is 30.5 Å². The van der Waals surface area contributed by atoms with Gasteiger partial charge in [-0.05, 0) is 36.8 Å². The Morgan fingerprint density at radius 2 is 2.16 bits per heavy atom. The second-order valence-corrected chi connectivity index (χ2v) is 4.39. The quantitative estimate of drug-likeness (QED) is 0.936. The van der Waals surface area contributed by atoms with Gasteiger partial charge in [0.1, 0.15) is 5.56 Å². The summed E-state index contributed by atoms with van der Waals surface area (Å²) in [6.45, 7) is 1.90. The molecule has 0 unspecified atom stereocenters. The number of nitrogens with one attached hydrogen (secondary N) is 1. The third-order valence-electron chi connectivity index (χ3n) is 2.64. The number of pyridine rings is 1. The molecule has 0 fully saturated rings. The number of carbonyl (C=O) groups is 1. The van der Waals surface area contributed by atoms with Gasteiger partial charge < -0.3 is 10.1 Å². The van der Waals surface area contributed by atoms with Crippen LogP contribution in [-0.4, -0.2) is 18.0 Å². The van der Waals surface area contributed by atoms with Crippen molar-refractivity contribution in [3.63, 3.8) is 0 Å².